The molecular formula is C27H33NO5S. The summed E-state index contributed by atoms with van der Waals surface area (Å²) in [6.07, 6.45) is 4.88. The minimum Gasteiger partial charge on any atom is -0.497 e. The van der Waals surface area contributed by atoms with Gasteiger partial charge in [-0.3, -0.25) is 4.79 Å². The molecule has 3 aliphatic rings. The van der Waals surface area contributed by atoms with Crippen molar-refractivity contribution in [3.63, 3.8) is 0 Å². The molecular weight excluding hydrogens is 450 g/mol. The number of methoxy groups -OCH3 is 2. The highest BCUT2D eigenvalue weighted by Crippen LogP contribution is 2.52. The van der Waals surface area contributed by atoms with Crippen LogP contribution in [0.5, 0.6) is 11.5 Å². The maximum Gasteiger partial charge on any atom is 0.243 e. The van der Waals surface area contributed by atoms with Crippen LogP contribution in [0.3, 0.4) is 0 Å². The molecule has 182 valence electrons. The number of nitrogens with zero attached hydrogens (tertiary/aromatic N) is 1. The Balaban J connectivity index is 1.41. The van der Waals surface area contributed by atoms with E-state index in [9.17, 15) is 13.2 Å². The van der Waals surface area contributed by atoms with Crippen LogP contribution < -0.4 is 9.47 Å². The number of carbonyl (C=O) groups is 1. The van der Waals surface area contributed by atoms with E-state index < -0.39 is 10.0 Å². The zero-order chi connectivity index (χ0) is 23.9. The Morgan fingerprint density at radius 3 is 2.21 bits per heavy atom. The molecule has 0 bridgehead atoms. The highest BCUT2D eigenvalue weighted by Gasteiger charge is 2.53. The van der Waals surface area contributed by atoms with Gasteiger partial charge in [-0.05, 0) is 85.4 Å². The molecule has 0 unspecified atom stereocenters. The Kier molecular flexibility index (Phi) is 6.42. The average molecular weight is 484 g/mol. The van der Waals surface area contributed by atoms with E-state index in [1.807, 2.05) is 24.3 Å². The number of ketones is 1. The summed E-state index contributed by atoms with van der Waals surface area (Å²) in [6, 6.07) is 14.6. The van der Waals surface area contributed by atoms with E-state index in [1.54, 1.807) is 42.8 Å². The van der Waals surface area contributed by atoms with E-state index in [-0.39, 0.29) is 29.7 Å². The van der Waals surface area contributed by atoms with Crippen LogP contribution in [-0.2, 0) is 21.2 Å². The molecule has 1 aliphatic heterocycles. The Labute approximate surface area is 202 Å². The Morgan fingerprint density at radius 2 is 1.56 bits per heavy atom. The SMILES string of the molecule is COc1ccc(C[C@@H]2C(=O)C[C@H]3CCN(S(=O)(=O)c4ccc(OC)cc4)[C@H]4CCC[C@@H]2[C@H]34)cc1. The Hall–Kier alpha value is -2.38. The molecule has 5 atom stereocenters. The second kappa shape index (κ2) is 9.34. The van der Waals surface area contributed by atoms with Gasteiger partial charge in [-0.1, -0.05) is 18.6 Å². The predicted molar refractivity (Wildman–Crippen MR) is 129 cm³/mol. The average Bonchev–Trinajstić information content (AvgIpc) is 2.86. The number of sulfonamides is 1. The lowest BCUT2D eigenvalue weighted by atomic mass is 9.56. The van der Waals surface area contributed by atoms with Gasteiger partial charge < -0.3 is 9.47 Å². The van der Waals surface area contributed by atoms with Crippen LogP contribution in [0.1, 0.15) is 37.7 Å². The maximum absolute atomic E-state index is 13.7. The quantitative estimate of drug-likeness (QED) is 0.612. The third kappa shape index (κ3) is 4.13. The van der Waals surface area contributed by atoms with Crippen molar-refractivity contribution in [2.75, 3.05) is 20.8 Å². The highest BCUT2D eigenvalue weighted by molar-refractivity contribution is 7.89. The minimum atomic E-state index is -3.61. The van der Waals surface area contributed by atoms with E-state index >= 15 is 0 Å². The predicted octanol–water partition coefficient (Wildman–Crippen LogP) is 4.33. The van der Waals surface area contributed by atoms with Gasteiger partial charge in [0.05, 0.1) is 19.1 Å². The smallest absolute Gasteiger partial charge is 0.243 e. The summed E-state index contributed by atoms with van der Waals surface area (Å²) in [5.41, 5.74) is 1.14. The second-order valence-electron chi connectivity index (χ2n) is 9.91. The standard InChI is InChI=1S/C27H33NO5S/c1-32-20-8-6-18(7-9-20)16-24-23-4-3-5-25-27(23)19(17-26(24)29)14-15-28(25)34(30,31)22-12-10-21(33-2)11-13-22/h6-13,19,23-25,27H,3-5,14-17H2,1-2H3/t19-,23+,24+,25+,27+/m1/s1. The van der Waals surface area contributed by atoms with Crippen LogP contribution in [0.4, 0.5) is 0 Å². The van der Waals surface area contributed by atoms with Gasteiger partial charge in [0.2, 0.25) is 10.0 Å². The van der Waals surface area contributed by atoms with Gasteiger partial charge in [-0.25, -0.2) is 8.42 Å². The number of carbonyl (C=O) groups excluding carboxylic acids is 1. The molecule has 2 saturated carbocycles. The number of benzene rings is 2. The van der Waals surface area contributed by atoms with Gasteiger partial charge in [0.25, 0.3) is 0 Å². The molecule has 7 heteroatoms. The Morgan fingerprint density at radius 1 is 0.912 bits per heavy atom. The van der Waals surface area contributed by atoms with Crippen molar-refractivity contribution in [1.29, 1.82) is 0 Å². The zero-order valence-corrected chi connectivity index (χ0v) is 20.7. The summed E-state index contributed by atoms with van der Waals surface area (Å²) in [4.78, 5) is 13.6. The monoisotopic (exact) mass is 483 g/mol. The lowest BCUT2D eigenvalue weighted by Gasteiger charge is -2.54. The van der Waals surface area contributed by atoms with Gasteiger partial charge in [0.15, 0.2) is 0 Å². The van der Waals surface area contributed by atoms with Crippen molar-refractivity contribution in [1.82, 2.24) is 4.31 Å². The first-order valence-corrected chi connectivity index (χ1v) is 13.7. The number of piperidine rings is 1. The van der Waals surface area contributed by atoms with Crippen molar-refractivity contribution in [3.8, 4) is 11.5 Å². The summed E-state index contributed by atoms with van der Waals surface area (Å²) in [7, 11) is -0.385. The molecule has 2 aromatic rings. The molecule has 0 N–H and O–H groups in total. The van der Waals surface area contributed by atoms with E-state index in [4.69, 9.17) is 9.47 Å². The van der Waals surface area contributed by atoms with Gasteiger partial charge in [-0.15, -0.1) is 0 Å². The van der Waals surface area contributed by atoms with Crippen LogP contribution in [0.2, 0.25) is 0 Å². The van der Waals surface area contributed by atoms with Gasteiger partial charge >= 0.3 is 0 Å². The number of hydrogen-bond acceptors (Lipinski definition) is 5. The maximum atomic E-state index is 13.7. The fourth-order valence-electron chi connectivity index (χ4n) is 6.70. The topological polar surface area (TPSA) is 72.9 Å². The summed E-state index contributed by atoms with van der Waals surface area (Å²) in [5.74, 6) is 2.54. The highest BCUT2D eigenvalue weighted by atomic mass is 32.2. The van der Waals surface area contributed by atoms with Gasteiger partial charge in [0.1, 0.15) is 17.3 Å². The molecule has 1 saturated heterocycles. The first-order valence-electron chi connectivity index (χ1n) is 12.2. The Bertz CT molecular complexity index is 1130. The summed E-state index contributed by atoms with van der Waals surface area (Å²) in [5, 5.41) is 0. The molecule has 34 heavy (non-hydrogen) atoms. The number of rotatable bonds is 6. The van der Waals surface area contributed by atoms with Crippen LogP contribution in [-0.4, -0.2) is 45.3 Å². The molecule has 2 aromatic carbocycles. The van der Waals surface area contributed by atoms with Crippen molar-refractivity contribution in [2.24, 2.45) is 23.7 Å². The number of ether oxygens (including phenoxy) is 2. The second-order valence-corrected chi connectivity index (χ2v) is 11.8. The third-order valence-electron chi connectivity index (χ3n) is 8.28. The van der Waals surface area contributed by atoms with Crippen molar-refractivity contribution in [2.45, 2.75) is 49.5 Å². The lowest BCUT2D eigenvalue weighted by molar-refractivity contribution is -0.136. The zero-order valence-electron chi connectivity index (χ0n) is 19.9. The summed E-state index contributed by atoms with van der Waals surface area (Å²) in [6.45, 7) is 0.489. The molecule has 0 spiro atoms. The third-order valence-corrected chi connectivity index (χ3v) is 10.2. The van der Waals surface area contributed by atoms with Crippen LogP contribution in [0.25, 0.3) is 0 Å². The van der Waals surface area contributed by atoms with Gasteiger partial charge in [0, 0.05) is 24.9 Å². The largest absolute Gasteiger partial charge is 0.497 e. The van der Waals surface area contributed by atoms with Crippen molar-refractivity contribution in [3.05, 3.63) is 54.1 Å². The molecule has 1 heterocycles. The van der Waals surface area contributed by atoms with Crippen molar-refractivity contribution >= 4 is 15.8 Å². The first-order chi connectivity index (χ1) is 16.4. The minimum absolute atomic E-state index is 0.0314. The van der Waals surface area contributed by atoms with E-state index in [0.29, 0.717) is 35.8 Å². The van der Waals surface area contributed by atoms with Crippen LogP contribution in [0.15, 0.2) is 53.4 Å². The van der Waals surface area contributed by atoms with Crippen LogP contribution >= 0.6 is 0 Å². The van der Waals surface area contributed by atoms with E-state index in [2.05, 4.69) is 0 Å². The fraction of sp³-hybridized carbons (Fsp3) is 0.519. The number of hydrogen-bond donors (Lipinski definition) is 0. The van der Waals surface area contributed by atoms with Crippen LogP contribution in [0, 0.1) is 23.7 Å². The molecule has 0 aromatic heterocycles. The number of Topliss-reactive ketones (excluding diaryl/α,β-unsaturated/α-hetero) is 1. The summed E-state index contributed by atoms with van der Waals surface area (Å²) < 4.78 is 39.6. The molecule has 2 aliphatic carbocycles. The fourth-order valence-corrected chi connectivity index (χ4v) is 8.40. The van der Waals surface area contributed by atoms with E-state index in [0.717, 1.165) is 37.0 Å². The van der Waals surface area contributed by atoms with Crippen molar-refractivity contribution < 1.29 is 22.7 Å². The van der Waals surface area contributed by atoms with Gasteiger partial charge in [-0.2, -0.15) is 4.31 Å². The van der Waals surface area contributed by atoms with E-state index in [1.165, 1.54) is 0 Å². The lowest BCUT2D eigenvalue weighted by Crippen LogP contribution is -2.59. The molecule has 0 amide bonds. The molecule has 3 fully saturated rings. The molecule has 5 rings (SSSR count). The molecule has 6 nitrogen and oxygen atoms in total. The first kappa shape index (κ1) is 23.4. The normalized spacial score (nSPS) is 29.4. The summed E-state index contributed by atoms with van der Waals surface area (Å²) >= 11 is 0. The molecule has 0 radical (unpaired) electrons.